The van der Waals surface area contributed by atoms with Gasteiger partial charge in [-0.3, -0.25) is 0 Å². The predicted octanol–water partition coefficient (Wildman–Crippen LogP) is 4.81. The molecule has 0 fully saturated rings. The van der Waals surface area contributed by atoms with Crippen molar-refractivity contribution in [1.82, 2.24) is 0 Å². The second-order valence-electron chi connectivity index (χ2n) is 4.28. The van der Waals surface area contributed by atoms with E-state index in [2.05, 4.69) is 25.1 Å². The van der Waals surface area contributed by atoms with Crippen molar-refractivity contribution < 1.29 is 0 Å². The van der Waals surface area contributed by atoms with E-state index >= 15 is 0 Å². The Labute approximate surface area is 105 Å². The summed E-state index contributed by atoms with van der Waals surface area (Å²) in [5, 5.41) is 0. The van der Waals surface area contributed by atoms with E-state index in [-0.39, 0.29) is 7.43 Å². The van der Waals surface area contributed by atoms with Crippen molar-refractivity contribution in [3.63, 3.8) is 0 Å². The molecule has 90 valence electrons. The van der Waals surface area contributed by atoms with E-state index in [1.54, 1.807) is 11.1 Å². The molecule has 1 aliphatic rings. The Kier molecular flexibility index (Phi) is 5.48. The molecule has 17 heavy (non-hydrogen) atoms. The summed E-state index contributed by atoms with van der Waals surface area (Å²) in [7, 11) is 0. The SMILES string of the molecule is C.Cc1ccc2c(c1)CCC2.c1ccccc1. The molecule has 0 radical (unpaired) electrons. The topological polar surface area (TPSA) is 0 Å². The first-order valence-electron chi connectivity index (χ1n) is 5.95. The first-order chi connectivity index (χ1) is 7.86. The molecule has 2 aromatic rings. The third-order valence-corrected chi connectivity index (χ3v) is 2.92. The van der Waals surface area contributed by atoms with Crippen LogP contribution < -0.4 is 0 Å². The average molecular weight is 226 g/mol. The number of aryl methyl sites for hydroxylation is 3. The van der Waals surface area contributed by atoms with E-state index in [1.807, 2.05) is 36.4 Å². The third kappa shape index (κ3) is 4.07. The van der Waals surface area contributed by atoms with Crippen molar-refractivity contribution in [3.05, 3.63) is 71.3 Å². The highest BCUT2D eigenvalue weighted by molar-refractivity contribution is 5.34. The Balaban J connectivity index is 0.000000180. The van der Waals surface area contributed by atoms with Crippen LogP contribution in [0.15, 0.2) is 54.6 Å². The average Bonchev–Trinajstić information content (AvgIpc) is 2.79. The van der Waals surface area contributed by atoms with Crippen LogP contribution >= 0.6 is 0 Å². The van der Waals surface area contributed by atoms with Crippen molar-refractivity contribution in [3.8, 4) is 0 Å². The molecule has 1 aliphatic carbocycles. The van der Waals surface area contributed by atoms with Gasteiger partial charge in [0, 0.05) is 0 Å². The van der Waals surface area contributed by atoms with E-state index in [9.17, 15) is 0 Å². The van der Waals surface area contributed by atoms with Crippen LogP contribution in [0.5, 0.6) is 0 Å². The van der Waals surface area contributed by atoms with Crippen molar-refractivity contribution in [2.24, 2.45) is 0 Å². The molecule has 0 heteroatoms. The van der Waals surface area contributed by atoms with Gasteiger partial charge in [0.25, 0.3) is 0 Å². The Bertz CT molecular complexity index is 402. The quantitative estimate of drug-likeness (QED) is 0.605. The number of rotatable bonds is 0. The highest BCUT2D eigenvalue weighted by Crippen LogP contribution is 2.22. The molecule has 0 spiro atoms. The Hall–Kier alpha value is -1.56. The van der Waals surface area contributed by atoms with Crippen LogP contribution in [0.25, 0.3) is 0 Å². The maximum absolute atomic E-state index is 2.32. The second-order valence-corrected chi connectivity index (χ2v) is 4.28. The summed E-state index contributed by atoms with van der Waals surface area (Å²) < 4.78 is 0. The van der Waals surface area contributed by atoms with Gasteiger partial charge < -0.3 is 0 Å². The Morgan fingerprint density at radius 3 is 1.88 bits per heavy atom. The van der Waals surface area contributed by atoms with Gasteiger partial charge in [0.1, 0.15) is 0 Å². The van der Waals surface area contributed by atoms with E-state index in [0.717, 1.165) is 0 Å². The van der Waals surface area contributed by atoms with Gasteiger partial charge in [0.05, 0.1) is 0 Å². The number of hydrogen-bond donors (Lipinski definition) is 0. The summed E-state index contributed by atoms with van der Waals surface area (Å²) in [6, 6.07) is 18.8. The Morgan fingerprint density at radius 1 is 0.765 bits per heavy atom. The molecule has 0 bridgehead atoms. The zero-order chi connectivity index (χ0) is 11.2. The number of hydrogen-bond acceptors (Lipinski definition) is 0. The van der Waals surface area contributed by atoms with Crippen LogP contribution in [0.2, 0.25) is 0 Å². The lowest BCUT2D eigenvalue weighted by atomic mass is 10.1. The van der Waals surface area contributed by atoms with Gasteiger partial charge in [0.15, 0.2) is 0 Å². The van der Waals surface area contributed by atoms with Crippen LogP contribution in [-0.4, -0.2) is 0 Å². The molecule has 0 atom stereocenters. The van der Waals surface area contributed by atoms with E-state index in [4.69, 9.17) is 0 Å². The molecular weight excluding hydrogens is 204 g/mol. The van der Waals surface area contributed by atoms with E-state index in [1.165, 1.54) is 24.8 Å². The van der Waals surface area contributed by atoms with Crippen LogP contribution in [0, 0.1) is 6.92 Å². The minimum Gasteiger partial charge on any atom is -0.0776 e. The fourth-order valence-electron chi connectivity index (χ4n) is 2.09. The molecule has 0 N–H and O–H groups in total. The lowest BCUT2D eigenvalue weighted by Crippen LogP contribution is -1.81. The number of fused-ring (bicyclic) bond motifs is 1. The highest BCUT2D eigenvalue weighted by Gasteiger charge is 2.08. The molecule has 0 unspecified atom stereocenters. The van der Waals surface area contributed by atoms with Gasteiger partial charge in [-0.1, -0.05) is 67.6 Å². The minimum absolute atomic E-state index is 0. The van der Waals surface area contributed by atoms with Crippen molar-refractivity contribution in [2.75, 3.05) is 0 Å². The van der Waals surface area contributed by atoms with Crippen molar-refractivity contribution in [1.29, 1.82) is 0 Å². The molecule has 0 amide bonds. The molecule has 0 aliphatic heterocycles. The molecule has 3 rings (SSSR count). The Morgan fingerprint density at radius 2 is 1.29 bits per heavy atom. The van der Waals surface area contributed by atoms with Crippen LogP contribution in [0.3, 0.4) is 0 Å². The summed E-state index contributed by atoms with van der Waals surface area (Å²) in [6.45, 7) is 2.17. The first-order valence-corrected chi connectivity index (χ1v) is 5.95. The third-order valence-electron chi connectivity index (χ3n) is 2.92. The fourth-order valence-corrected chi connectivity index (χ4v) is 2.09. The second kappa shape index (κ2) is 6.90. The smallest absolute Gasteiger partial charge is 0.0273 e. The maximum Gasteiger partial charge on any atom is -0.0273 e. The van der Waals surface area contributed by atoms with Crippen molar-refractivity contribution in [2.45, 2.75) is 33.6 Å². The summed E-state index contributed by atoms with van der Waals surface area (Å²) in [4.78, 5) is 0. The zero-order valence-corrected chi connectivity index (χ0v) is 9.82. The fraction of sp³-hybridized carbons (Fsp3) is 0.294. The van der Waals surface area contributed by atoms with Crippen LogP contribution in [-0.2, 0) is 12.8 Å². The van der Waals surface area contributed by atoms with Crippen molar-refractivity contribution >= 4 is 0 Å². The van der Waals surface area contributed by atoms with Gasteiger partial charge in [-0.25, -0.2) is 0 Å². The molecule has 0 nitrogen and oxygen atoms in total. The summed E-state index contributed by atoms with van der Waals surface area (Å²) in [5.74, 6) is 0. The summed E-state index contributed by atoms with van der Waals surface area (Å²) >= 11 is 0. The highest BCUT2D eigenvalue weighted by atomic mass is 14.1. The zero-order valence-electron chi connectivity index (χ0n) is 9.82. The lowest BCUT2D eigenvalue weighted by molar-refractivity contribution is 0.911. The molecule has 2 aromatic carbocycles. The monoisotopic (exact) mass is 226 g/mol. The van der Waals surface area contributed by atoms with Crippen LogP contribution in [0.4, 0.5) is 0 Å². The predicted molar refractivity (Wildman–Crippen MR) is 76.4 cm³/mol. The van der Waals surface area contributed by atoms with E-state index < -0.39 is 0 Å². The molecule has 0 saturated heterocycles. The molecule has 0 heterocycles. The van der Waals surface area contributed by atoms with Gasteiger partial charge in [-0.05, 0) is 37.3 Å². The number of benzene rings is 2. The van der Waals surface area contributed by atoms with Crippen LogP contribution in [0.1, 0.15) is 30.5 Å². The molecule has 0 saturated carbocycles. The molecule has 0 aromatic heterocycles. The largest absolute Gasteiger partial charge is 0.0776 e. The maximum atomic E-state index is 2.32. The van der Waals surface area contributed by atoms with Gasteiger partial charge >= 0.3 is 0 Å². The summed E-state index contributed by atoms with van der Waals surface area (Å²) in [6.07, 6.45) is 3.96. The lowest BCUT2D eigenvalue weighted by Gasteiger charge is -1.98. The molecular formula is C17H22. The van der Waals surface area contributed by atoms with Gasteiger partial charge in [-0.2, -0.15) is 0 Å². The summed E-state index contributed by atoms with van der Waals surface area (Å²) in [5.41, 5.74) is 4.56. The normalized spacial score (nSPS) is 11.8. The standard InChI is InChI=1S/C10H12.C6H6.CH4/c1-8-5-6-9-3-2-4-10(9)7-8;1-2-4-6-5-3-1;/h5-7H,2-4H2,1H3;1-6H;1H4. The minimum atomic E-state index is 0. The van der Waals surface area contributed by atoms with Gasteiger partial charge in [0.2, 0.25) is 0 Å². The van der Waals surface area contributed by atoms with E-state index in [0.29, 0.717) is 0 Å². The van der Waals surface area contributed by atoms with Gasteiger partial charge in [-0.15, -0.1) is 0 Å². The first kappa shape index (κ1) is 13.5.